The number of aliphatic hydroxyl groups excluding tert-OH is 1. The largest absolute Gasteiger partial charge is 0.393 e. The van der Waals surface area contributed by atoms with E-state index in [0.29, 0.717) is 6.42 Å². The molecule has 2 aliphatic heterocycles. The van der Waals surface area contributed by atoms with E-state index in [0.717, 1.165) is 37.6 Å². The summed E-state index contributed by atoms with van der Waals surface area (Å²) in [6.07, 6.45) is 6.23. The molecule has 1 fully saturated rings. The Labute approximate surface area is 108 Å². The highest BCUT2D eigenvalue weighted by atomic mass is 16.3. The zero-order valence-electron chi connectivity index (χ0n) is 10.9. The van der Waals surface area contributed by atoms with Gasteiger partial charge in [0.2, 0.25) is 0 Å². The first-order valence-corrected chi connectivity index (χ1v) is 7.14. The Balaban J connectivity index is 1.56. The number of hydrogen-bond acceptors (Lipinski definition) is 4. The first-order chi connectivity index (χ1) is 8.81. The lowest BCUT2D eigenvalue weighted by Gasteiger charge is -2.25. The molecule has 0 saturated carbocycles. The average Bonchev–Trinajstić information content (AvgIpc) is 2.79. The lowest BCUT2D eigenvalue weighted by Crippen LogP contribution is -2.31. The van der Waals surface area contributed by atoms with Crippen LogP contribution in [0.25, 0.3) is 0 Å². The topological polar surface area (TPSA) is 54.2 Å². The van der Waals surface area contributed by atoms with Crippen molar-refractivity contribution in [2.45, 2.75) is 51.2 Å². The van der Waals surface area contributed by atoms with E-state index in [1.807, 2.05) is 4.68 Å². The molecular formula is C13H22N4O. The predicted molar refractivity (Wildman–Crippen MR) is 68.3 cm³/mol. The molecule has 3 heterocycles. The molecule has 0 amide bonds. The minimum absolute atomic E-state index is 0.225. The molecule has 2 aliphatic rings. The van der Waals surface area contributed by atoms with Gasteiger partial charge in [0.25, 0.3) is 0 Å². The van der Waals surface area contributed by atoms with Crippen LogP contribution in [0.1, 0.15) is 37.3 Å². The fraction of sp³-hybridized carbons (Fsp3) is 0.846. The first kappa shape index (κ1) is 12.1. The van der Waals surface area contributed by atoms with E-state index in [1.54, 1.807) is 0 Å². The van der Waals surface area contributed by atoms with Crippen LogP contribution in [-0.2, 0) is 19.4 Å². The third-order valence-corrected chi connectivity index (χ3v) is 3.98. The summed E-state index contributed by atoms with van der Waals surface area (Å²) in [7, 11) is 0. The molecule has 5 nitrogen and oxygen atoms in total. The van der Waals surface area contributed by atoms with E-state index in [4.69, 9.17) is 0 Å². The van der Waals surface area contributed by atoms with Gasteiger partial charge in [0.05, 0.1) is 6.10 Å². The van der Waals surface area contributed by atoms with Crippen LogP contribution in [0.2, 0.25) is 0 Å². The smallest absolute Gasteiger partial charge is 0.152 e. The molecule has 5 heteroatoms. The summed E-state index contributed by atoms with van der Waals surface area (Å²) in [6, 6.07) is 0. The second-order valence-corrected chi connectivity index (χ2v) is 5.47. The summed E-state index contributed by atoms with van der Waals surface area (Å²) >= 11 is 0. The normalized spacial score (nSPS) is 25.1. The summed E-state index contributed by atoms with van der Waals surface area (Å²) < 4.78 is 1.97. The molecular weight excluding hydrogens is 228 g/mol. The van der Waals surface area contributed by atoms with Gasteiger partial charge in [-0.3, -0.25) is 0 Å². The van der Waals surface area contributed by atoms with Crippen LogP contribution in [0.5, 0.6) is 0 Å². The van der Waals surface area contributed by atoms with E-state index >= 15 is 0 Å². The van der Waals surface area contributed by atoms with Gasteiger partial charge < -0.3 is 10.0 Å². The maximum Gasteiger partial charge on any atom is 0.152 e. The van der Waals surface area contributed by atoms with Gasteiger partial charge >= 0.3 is 0 Å². The van der Waals surface area contributed by atoms with Crippen LogP contribution < -0.4 is 0 Å². The van der Waals surface area contributed by atoms with Gasteiger partial charge in [0.1, 0.15) is 5.82 Å². The van der Waals surface area contributed by atoms with Crippen LogP contribution in [0.15, 0.2) is 0 Å². The molecule has 1 unspecified atom stereocenters. The number of piperidine rings is 1. The van der Waals surface area contributed by atoms with Crippen LogP contribution in [0.4, 0.5) is 0 Å². The summed E-state index contributed by atoms with van der Waals surface area (Å²) in [5.41, 5.74) is 0. The highest BCUT2D eigenvalue weighted by Gasteiger charge is 2.20. The standard InChI is InChI=1S/C13H22N4O/c18-11-4-9-17-13(10-11)14-12(15-17)5-8-16-6-2-1-3-7-16/h11,18H,1-10H2. The number of aliphatic hydroxyl groups is 1. The minimum atomic E-state index is -0.225. The van der Waals surface area contributed by atoms with Crippen molar-refractivity contribution in [1.29, 1.82) is 0 Å². The third kappa shape index (κ3) is 2.72. The van der Waals surface area contributed by atoms with E-state index in [9.17, 15) is 5.11 Å². The molecule has 0 radical (unpaired) electrons. The molecule has 0 aliphatic carbocycles. The predicted octanol–water partition coefficient (Wildman–Crippen LogP) is 0.614. The molecule has 100 valence electrons. The van der Waals surface area contributed by atoms with Crippen LogP contribution >= 0.6 is 0 Å². The molecule has 1 aromatic rings. The van der Waals surface area contributed by atoms with Crippen molar-refractivity contribution < 1.29 is 5.11 Å². The number of aryl methyl sites for hydroxylation is 1. The monoisotopic (exact) mass is 250 g/mol. The minimum Gasteiger partial charge on any atom is -0.393 e. The average molecular weight is 250 g/mol. The lowest BCUT2D eigenvalue weighted by atomic mass is 10.1. The molecule has 3 rings (SSSR count). The van der Waals surface area contributed by atoms with Crippen molar-refractivity contribution in [2.75, 3.05) is 19.6 Å². The van der Waals surface area contributed by atoms with Crippen molar-refractivity contribution in [3.8, 4) is 0 Å². The molecule has 1 N–H and O–H groups in total. The SMILES string of the molecule is OC1CCn2nc(CCN3CCCCC3)nc2C1. The van der Waals surface area contributed by atoms with E-state index < -0.39 is 0 Å². The van der Waals surface area contributed by atoms with E-state index in [1.165, 1.54) is 32.4 Å². The molecule has 18 heavy (non-hydrogen) atoms. The van der Waals surface area contributed by atoms with E-state index in [2.05, 4.69) is 15.0 Å². The van der Waals surface area contributed by atoms with Gasteiger partial charge in [0.15, 0.2) is 5.82 Å². The second-order valence-electron chi connectivity index (χ2n) is 5.47. The van der Waals surface area contributed by atoms with Gasteiger partial charge in [0, 0.05) is 25.9 Å². The van der Waals surface area contributed by atoms with Crippen molar-refractivity contribution >= 4 is 0 Å². The highest BCUT2D eigenvalue weighted by molar-refractivity contribution is 4.98. The second kappa shape index (κ2) is 5.36. The zero-order valence-corrected chi connectivity index (χ0v) is 10.9. The summed E-state index contributed by atoms with van der Waals surface area (Å²) in [5.74, 6) is 1.91. The lowest BCUT2D eigenvalue weighted by molar-refractivity contribution is 0.138. The Morgan fingerprint density at radius 2 is 2.00 bits per heavy atom. The highest BCUT2D eigenvalue weighted by Crippen LogP contribution is 2.14. The maximum atomic E-state index is 9.61. The number of likely N-dealkylation sites (tertiary alicyclic amines) is 1. The van der Waals surface area contributed by atoms with Gasteiger partial charge in [-0.2, -0.15) is 5.10 Å². The quantitative estimate of drug-likeness (QED) is 0.854. The Bertz CT molecular complexity index is 398. The first-order valence-electron chi connectivity index (χ1n) is 7.14. The van der Waals surface area contributed by atoms with Crippen molar-refractivity contribution in [3.05, 3.63) is 11.6 Å². The zero-order chi connectivity index (χ0) is 12.4. The summed E-state index contributed by atoms with van der Waals surface area (Å²) in [4.78, 5) is 7.06. The Morgan fingerprint density at radius 1 is 1.17 bits per heavy atom. The fourth-order valence-electron chi connectivity index (χ4n) is 2.89. The molecule has 0 bridgehead atoms. The van der Waals surface area contributed by atoms with Crippen LogP contribution in [0, 0.1) is 0 Å². The molecule has 0 spiro atoms. The summed E-state index contributed by atoms with van der Waals surface area (Å²) in [6.45, 7) is 4.35. The Hall–Kier alpha value is -0.940. The molecule has 1 saturated heterocycles. The fourth-order valence-corrected chi connectivity index (χ4v) is 2.89. The number of aromatic nitrogens is 3. The van der Waals surface area contributed by atoms with Gasteiger partial charge in [-0.25, -0.2) is 9.67 Å². The van der Waals surface area contributed by atoms with Crippen LogP contribution in [-0.4, -0.2) is 50.5 Å². The Morgan fingerprint density at radius 3 is 2.83 bits per heavy atom. The number of hydrogen-bond donors (Lipinski definition) is 1. The third-order valence-electron chi connectivity index (χ3n) is 3.98. The maximum absolute atomic E-state index is 9.61. The van der Waals surface area contributed by atoms with Crippen molar-refractivity contribution in [1.82, 2.24) is 19.7 Å². The number of nitrogens with zero attached hydrogens (tertiary/aromatic N) is 4. The Kier molecular flexibility index (Phi) is 3.61. The van der Waals surface area contributed by atoms with E-state index in [-0.39, 0.29) is 6.10 Å². The summed E-state index contributed by atoms with van der Waals surface area (Å²) in [5, 5.41) is 14.1. The number of rotatable bonds is 3. The van der Waals surface area contributed by atoms with Crippen molar-refractivity contribution in [2.24, 2.45) is 0 Å². The van der Waals surface area contributed by atoms with Crippen molar-refractivity contribution in [3.63, 3.8) is 0 Å². The van der Waals surface area contributed by atoms with Crippen LogP contribution in [0.3, 0.4) is 0 Å². The number of fused-ring (bicyclic) bond motifs is 1. The van der Waals surface area contributed by atoms with Gasteiger partial charge in [-0.15, -0.1) is 0 Å². The van der Waals surface area contributed by atoms with Gasteiger partial charge in [-0.1, -0.05) is 6.42 Å². The molecule has 0 aromatic carbocycles. The van der Waals surface area contributed by atoms with Gasteiger partial charge in [-0.05, 0) is 32.4 Å². The molecule has 1 atom stereocenters. The molecule has 1 aromatic heterocycles.